The highest BCUT2D eigenvalue weighted by molar-refractivity contribution is 7.99. The topological polar surface area (TPSA) is 52.0 Å². The normalized spacial score (nSPS) is 12.1. The first-order valence-electron chi connectivity index (χ1n) is 10.4. The van der Waals surface area contributed by atoms with Crippen LogP contribution in [0.2, 0.25) is 0 Å². The average molecular weight is 429 g/mol. The van der Waals surface area contributed by atoms with Crippen LogP contribution < -0.4 is 5.56 Å². The van der Waals surface area contributed by atoms with Crippen molar-refractivity contribution in [2.75, 3.05) is 5.75 Å². The smallest absolute Gasteiger partial charge is 0.266 e. The van der Waals surface area contributed by atoms with Crippen LogP contribution in [0.3, 0.4) is 0 Å². The van der Waals surface area contributed by atoms with Gasteiger partial charge in [0.25, 0.3) is 5.56 Å². The lowest BCUT2D eigenvalue weighted by Crippen LogP contribution is -2.22. The molecule has 0 fully saturated rings. The molecule has 1 heterocycles. The number of rotatable bonds is 7. The number of ketones is 1. The van der Waals surface area contributed by atoms with Crippen molar-refractivity contribution in [3.05, 3.63) is 100 Å². The van der Waals surface area contributed by atoms with Crippen molar-refractivity contribution in [1.29, 1.82) is 0 Å². The van der Waals surface area contributed by atoms with Gasteiger partial charge >= 0.3 is 0 Å². The summed E-state index contributed by atoms with van der Waals surface area (Å²) in [5.41, 5.74) is 3.15. The number of hydrogen-bond acceptors (Lipinski definition) is 4. The molecule has 0 saturated carbocycles. The second kappa shape index (κ2) is 9.31. The van der Waals surface area contributed by atoms with Crippen molar-refractivity contribution in [2.24, 2.45) is 0 Å². The second-order valence-electron chi connectivity index (χ2n) is 7.53. The molecule has 4 nitrogen and oxygen atoms in total. The van der Waals surface area contributed by atoms with Gasteiger partial charge < -0.3 is 0 Å². The number of Topliss-reactive ketones (excluding diaryl/α,β-unsaturated/α-hetero) is 1. The van der Waals surface area contributed by atoms with Gasteiger partial charge in [0.05, 0.1) is 22.3 Å². The minimum atomic E-state index is -0.128. The lowest BCUT2D eigenvalue weighted by molar-refractivity contribution is 0.102. The number of benzene rings is 3. The lowest BCUT2D eigenvalue weighted by Gasteiger charge is -2.15. The maximum atomic E-state index is 13.4. The number of nitrogens with zero attached hydrogens (tertiary/aromatic N) is 2. The van der Waals surface area contributed by atoms with E-state index in [1.165, 1.54) is 17.3 Å². The summed E-state index contributed by atoms with van der Waals surface area (Å²) >= 11 is 1.29. The van der Waals surface area contributed by atoms with Gasteiger partial charge in [0.1, 0.15) is 0 Å². The zero-order chi connectivity index (χ0) is 21.8. The molecular formula is C26H24N2O2S. The number of para-hydroxylation sites is 1. The highest BCUT2D eigenvalue weighted by Gasteiger charge is 2.16. The summed E-state index contributed by atoms with van der Waals surface area (Å²) in [4.78, 5) is 30.7. The van der Waals surface area contributed by atoms with Gasteiger partial charge in [0, 0.05) is 5.56 Å². The van der Waals surface area contributed by atoms with E-state index in [0.29, 0.717) is 27.5 Å². The Morgan fingerprint density at radius 1 is 0.968 bits per heavy atom. The van der Waals surface area contributed by atoms with E-state index in [0.717, 1.165) is 12.1 Å². The van der Waals surface area contributed by atoms with Crippen LogP contribution in [0.1, 0.15) is 42.1 Å². The molecule has 156 valence electrons. The minimum absolute atomic E-state index is 0.00618. The molecule has 4 rings (SSSR count). The molecular weight excluding hydrogens is 404 g/mol. The van der Waals surface area contributed by atoms with Crippen LogP contribution in [0.15, 0.2) is 88.8 Å². The summed E-state index contributed by atoms with van der Waals surface area (Å²) < 4.78 is 1.62. The van der Waals surface area contributed by atoms with E-state index < -0.39 is 0 Å². The molecule has 1 unspecified atom stereocenters. The van der Waals surface area contributed by atoms with E-state index in [1.54, 1.807) is 22.8 Å². The van der Waals surface area contributed by atoms with Crippen molar-refractivity contribution in [1.82, 2.24) is 9.55 Å². The number of hydrogen-bond donors (Lipinski definition) is 0. The van der Waals surface area contributed by atoms with Gasteiger partial charge in [-0.15, -0.1) is 0 Å². The fourth-order valence-corrected chi connectivity index (χ4v) is 4.37. The zero-order valence-corrected chi connectivity index (χ0v) is 18.4. The third-order valence-electron chi connectivity index (χ3n) is 5.51. The molecule has 1 atom stereocenters. The largest absolute Gasteiger partial charge is 0.293 e. The van der Waals surface area contributed by atoms with Gasteiger partial charge in [-0.25, -0.2) is 4.98 Å². The van der Waals surface area contributed by atoms with Crippen molar-refractivity contribution >= 4 is 28.4 Å². The van der Waals surface area contributed by atoms with Crippen LogP contribution in [0.25, 0.3) is 16.6 Å². The molecule has 0 aliphatic heterocycles. The van der Waals surface area contributed by atoms with E-state index in [1.807, 2.05) is 48.5 Å². The fourth-order valence-electron chi connectivity index (χ4n) is 3.46. The first-order chi connectivity index (χ1) is 15.1. The summed E-state index contributed by atoms with van der Waals surface area (Å²) in [5.74, 6) is 0.671. The standard InChI is InChI=1S/C26H24N2O2S/c1-3-18(2)19-13-15-21(16-14-19)28-25(30)22-11-7-8-12-23(22)27-26(28)31-17-24(29)20-9-5-4-6-10-20/h4-16,18H,3,17H2,1-2H3. The first kappa shape index (κ1) is 21.1. The van der Waals surface area contributed by atoms with Crippen LogP contribution in [0.4, 0.5) is 0 Å². The Kier molecular flexibility index (Phi) is 6.33. The lowest BCUT2D eigenvalue weighted by atomic mass is 9.98. The summed E-state index contributed by atoms with van der Waals surface area (Å²) in [5, 5.41) is 1.08. The van der Waals surface area contributed by atoms with E-state index in [9.17, 15) is 9.59 Å². The van der Waals surface area contributed by atoms with E-state index in [4.69, 9.17) is 4.98 Å². The van der Waals surface area contributed by atoms with Crippen LogP contribution in [-0.4, -0.2) is 21.1 Å². The van der Waals surface area contributed by atoms with E-state index in [-0.39, 0.29) is 17.1 Å². The Bertz CT molecular complexity index is 1260. The van der Waals surface area contributed by atoms with Crippen molar-refractivity contribution in [3.8, 4) is 5.69 Å². The third-order valence-corrected chi connectivity index (χ3v) is 6.44. The predicted octanol–water partition coefficient (Wildman–Crippen LogP) is 5.87. The molecule has 0 amide bonds. The molecule has 0 saturated heterocycles. The SMILES string of the molecule is CCC(C)c1ccc(-n2c(SCC(=O)c3ccccc3)nc3ccccc3c2=O)cc1. The summed E-state index contributed by atoms with van der Waals surface area (Å²) in [6.07, 6.45) is 1.06. The fraction of sp³-hybridized carbons (Fsp3) is 0.192. The van der Waals surface area contributed by atoms with Crippen LogP contribution in [0.5, 0.6) is 0 Å². The molecule has 0 aliphatic rings. The minimum Gasteiger partial charge on any atom is -0.293 e. The summed E-state index contributed by atoms with van der Waals surface area (Å²) in [7, 11) is 0. The molecule has 0 radical (unpaired) electrons. The van der Waals surface area contributed by atoms with Gasteiger partial charge in [-0.3, -0.25) is 14.2 Å². The monoisotopic (exact) mass is 428 g/mol. The highest BCUT2D eigenvalue weighted by Crippen LogP contribution is 2.24. The first-order valence-corrected chi connectivity index (χ1v) is 11.4. The Morgan fingerprint density at radius 2 is 1.65 bits per heavy atom. The highest BCUT2D eigenvalue weighted by atomic mass is 32.2. The molecule has 4 aromatic rings. The molecule has 0 bridgehead atoms. The van der Waals surface area contributed by atoms with Crippen LogP contribution in [0, 0.1) is 0 Å². The predicted molar refractivity (Wildman–Crippen MR) is 128 cm³/mol. The van der Waals surface area contributed by atoms with Crippen molar-refractivity contribution in [3.63, 3.8) is 0 Å². The number of fused-ring (bicyclic) bond motifs is 1. The number of carbonyl (C=O) groups is 1. The zero-order valence-electron chi connectivity index (χ0n) is 17.6. The van der Waals surface area contributed by atoms with Gasteiger partial charge in [-0.2, -0.15) is 0 Å². The van der Waals surface area contributed by atoms with Gasteiger partial charge in [-0.1, -0.05) is 80.2 Å². The third kappa shape index (κ3) is 4.47. The van der Waals surface area contributed by atoms with Crippen molar-refractivity contribution < 1.29 is 4.79 Å². The van der Waals surface area contributed by atoms with Gasteiger partial charge in [0.15, 0.2) is 10.9 Å². The number of carbonyl (C=O) groups excluding carboxylic acids is 1. The Morgan fingerprint density at radius 3 is 2.35 bits per heavy atom. The summed E-state index contributed by atoms with van der Waals surface area (Å²) in [6, 6.07) is 24.6. The Hall–Kier alpha value is -3.18. The Balaban J connectivity index is 1.75. The van der Waals surface area contributed by atoms with Gasteiger partial charge in [0.2, 0.25) is 0 Å². The molecule has 5 heteroatoms. The second-order valence-corrected chi connectivity index (χ2v) is 8.47. The van der Waals surface area contributed by atoms with E-state index in [2.05, 4.69) is 26.0 Å². The number of aromatic nitrogens is 2. The van der Waals surface area contributed by atoms with Gasteiger partial charge in [-0.05, 0) is 42.2 Å². The van der Waals surface area contributed by atoms with Crippen LogP contribution in [-0.2, 0) is 0 Å². The molecule has 1 aromatic heterocycles. The Labute approximate surface area is 186 Å². The van der Waals surface area contributed by atoms with Crippen molar-refractivity contribution in [2.45, 2.75) is 31.3 Å². The quantitative estimate of drug-likeness (QED) is 0.210. The molecule has 0 aliphatic carbocycles. The van der Waals surface area contributed by atoms with E-state index >= 15 is 0 Å². The maximum Gasteiger partial charge on any atom is 0.266 e. The molecule has 0 N–H and O–H groups in total. The van der Waals surface area contributed by atoms with Crippen LogP contribution >= 0.6 is 11.8 Å². The average Bonchev–Trinajstić information content (AvgIpc) is 2.83. The maximum absolute atomic E-state index is 13.4. The molecule has 0 spiro atoms. The summed E-state index contributed by atoms with van der Waals surface area (Å²) in [6.45, 7) is 4.35. The number of thioether (sulfide) groups is 1. The molecule has 31 heavy (non-hydrogen) atoms. The molecule has 3 aromatic carbocycles.